The molecule has 0 radical (unpaired) electrons. The van der Waals surface area contributed by atoms with Crippen LogP contribution in [-0.4, -0.2) is 212 Å². The standard InChI is InChI=1S/C64H85N21O13/c1-82(38-42-36-72-57-53(74-42)55(65)78-63(67)80-57)44-15-11-40(12-16-44)59(91)76-46(61(93)94)19-21-49(87)69-25-5-3-7-28-84(31-33-98-35-34-97-32-27-71-48(86)10-9-30-85-51(89)23-24-52(85)90)29-8-4-6-26-70-50(88)22-20-47(62(95)96)77-60(92)41-13-17-45(18-14-41)83(2)39-43-37-73-58-54(75-43)56(66)79-64(68)81-58/h11-18,23-24,36-37,46-47H,3-10,19-22,25-35,38-39H2,1-2H3,(H,69,87)(H,70,88)(H,71,86)(H,76,91)(H,77,92)(H,93,94)(H,95,96)(H4,65,67,72,78,80)(H4,66,68,73,79,81). The summed E-state index contributed by atoms with van der Waals surface area (Å²) in [7, 11) is 3.64. The molecule has 1 aliphatic heterocycles. The second-order valence-electron chi connectivity index (χ2n) is 23.1. The molecule has 2 unspecified atom stereocenters. The number of nitrogens with zero attached hydrogens (tertiary/aromatic N) is 12. The predicted molar refractivity (Wildman–Crippen MR) is 361 cm³/mol. The lowest BCUT2D eigenvalue weighted by molar-refractivity contribution is -0.140. The van der Waals surface area contributed by atoms with E-state index in [4.69, 9.17) is 32.4 Å². The van der Waals surface area contributed by atoms with Crippen molar-refractivity contribution in [2.45, 2.75) is 102 Å². The van der Waals surface area contributed by atoms with Gasteiger partial charge < -0.3 is 83.9 Å². The first-order valence-electron chi connectivity index (χ1n) is 32.1. The van der Waals surface area contributed by atoms with Crippen LogP contribution in [0.4, 0.5) is 34.9 Å². The van der Waals surface area contributed by atoms with Crippen LogP contribution in [0.2, 0.25) is 0 Å². The molecule has 15 N–H and O–H groups in total. The molecule has 6 aromatic rings. The van der Waals surface area contributed by atoms with Gasteiger partial charge in [-0.25, -0.2) is 29.5 Å². The number of rotatable bonds is 43. The van der Waals surface area contributed by atoms with E-state index < -0.39 is 35.8 Å². The minimum Gasteiger partial charge on any atom is -0.480 e. The van der Waals surface area contributed by atoms with Crippen LogP contribution in [0.3, 0.4) is 0 Å². The third-order valence-electron chi connectivity index (χ3n) is 15.6. The number of carboxylic acid groups (broad SMARTS) is 2. The lowest BCUT2D eigenvalue weighted by atomic mass is 10.1. The van der Waals surface area contributed by atoms with E-state index in [9.17, 15) is 53.4 Å². The summed E-state index contributed by atoms with van der Waals surface area (Å²) in [4.78, 5) is 153. The van der Waals surface area contributed by atoms with Gasteiger partial charge in [0.05, 0.1) is 63.3 Å². The van der Waals surface area contributed by atoms with Crippen molar-refractivity contribution in [3.8, 4) is 0 Å². The molecule has 0 spiro atoms. The van der Waals surface area contributed by atoms with E-state index in [1.807, 2.05) is 23.9 Å². The summed E-state index contributed by atoms with van der Waals surface area (Å²) in [5.74, 6) is -5.29. The van der Waals surface area contributed by atoms with Gasteiger partial charge in [0, 0.05) is 101 Å². The first-order chi connectivity index (χ1) is 47.1. The van der Waals surface area contributed by atoms with E-state index in [-0.39, 0.29) is 127 Å². The lowest BCUT2D eigenvalue weighted by Gasteiger charge is -2.22. The van der Waals surface area contributed by atoms with Crippen molar-refractivity contribution in [1.29, 1.82) is 0 Å². The Bertz CT molecular complexity index is 3550. The highest BCUT2D eigenvalue weighted by atomic mass is 16.5. The molecule has 0 saturated heterocycles. The van der Waals surface area contributed by atoms with Crippen molar-refractivity contribution in [3.05, 3.63) is 95.6 Å². The minimum atomic E-state index is -1.31. The van der Waals surface area contributed by atoms with E-state index in [1.165, 1.54) is 12.2 Å². The molecule has 34 nitrogen and oxygen atoms in total. The van der Waals surface area contributed by atoms with Crippen LogP contribution in [0.5, 0.6) is 0 Å². The van der Waals surface area contributed by atoms with Gasteiger partial charge >= 0.3 is 11.9 Å². The molecule has 0 saturated carbocycles. The van der Waals surface area contributed by atoms with Crippen LogP contribution < -0.4 is 59.3 Å². The number of unbranched alkanes of at least 4 members (excludes halogenated alkanes) is 4. The highest BCUT2D eigenvalue weighted by Crippen LogP contribution is 2.22. The largest absolute Gasteiger partial charge is 0.480 e. The summed E-state index contributed by atoms with van der Waals surface area (Å²) in [6.45, 7) is 5.20. The Morgan fingerprint density at radius 2 is 0.939 bits per heavy atom. The molecule has 7 rings (SSSR count). The van der Waals surface area contributed by atoms with E-state index in [0.29, 0.717) is 94.2 Å². The maximum absolute atomic E-state index is 13.2. The first-order valence-corrected chi connectivity index (χ1v) is 32.1. The van der Waals surface area contributed by atoms with Crippen LogP contribution in [0, 0.1) is 0 Å². The number of amides is 7. The molecule has 2 aromatic carbocycles. The zero-order valence-electron chi connectivity index (χ0n) is 54.8. The number of hydrogen-bond donors (Lipinski definition) is 11. The molecule has 7 amide bonds. The molecule has 2 atom stereocenters. The molecular weight excluding hydrogens is 1270 g/mol. The molecule has 5 heterocycles. The number of aromatic nitrogens is 8. The van der Waals surface area contributed by atoms with E-state index >= 15 is 0 Å². The Morgan fingerprint density at radius 3 is 1.39 bits per heavy atom. The Hall–Kier alpha value is -10.9. The lowest BCUT2D eigenvalue weighted by Crippen LogP contribution is -2.41. The molecule has 0 bridgehead atoms. The van der Waals surface area contributed by atoms with Crippen LogP contribution in [0.25, 0.3) is 22.3 Å². The zero-order chi connectivity index (χ0) is 70.5. The van der Waals surface area contributed by atoms with Crippen molar-refractivity contribution in [2.75, 3.05) is 119 Å². The second-order valence-corrected chi connectivity index (χ2v) is 23.1. The number of imide groups is 1. The minimum absolute atomic E-state index is 0.0111. The van der Waals surface area contributed by atoms with Crippen molar-refractivity contribution < 1.29 is 62.8 Å². The van der Waals surface area contributed by atoms with Gasteiger partial charge in [-0.3, -0.25) is 38.5 Å². The van der Waals surface area contributed by atoms with Crippen molar-refractivity contribution in [3.63, 3.8) is 0 Å². The third kappa shape index (κ3) is 24.1. The number of ether oxygens (including phenoxy) is 2. The van der Waals surface area contributed by atoms with Crippen molar-refractivity contribution in [2.24, 2.45) is 0 Å². The summed E-state index contributed by atoms with van der Waals surface area (Å²) >= 11 is 0. The fourth-order valence-electron chi connectivity index (χ4n) is 10.2. The molecule has 34 heteroatoms. The van der Waals surface area contributed by atoms with Gasteiger partial charge in [0.2, 0.25) is 29.6 Å². The second kappa shape index (κ2) is 38.0. The number of carbonyl (C=O) groups is 9. The Kier molecular flexibility index (Phi) is 28.9. The number of nitrogen functional groups attached to an aromatic ring is 4. The number of hydrogen-bond acceptors (Lipinski definition) is 26. The van der Waals surface area contributed by atoms with Crippen LogP contribution in [0.15, 0.2) is 73.1 Å². The molecule has 0 fully saturated rings. The molecular formula is C64H85N21O13. The maximum atomic E-state index is 13.2. The maximum Gasteiger partial charge on any atom is 0.326 e. The number of nitrogens with one attached hydrogen (secondary N) is 5. The summed E-state index contributed by atoms with van der Waals surface area (Å²) in [6, 6.07) is 10.5. The number of anilines is 6. The summed E-state index contributed by atoms with van der Waals surface area (Å²) in [6.07, 6.45) is 9.96. The van der Waals surface area contributed by atoms with Crippen LogP contribution >= 0.6 is 0 Å². The molecule has 1 aliphatic rings. The highest BCUT2D eigenvalue weighted by Gasteiger charge is 2.26. The van der Waals surface area contributed by atoms with E-state index in [1.54, 1.807) is 60.9 Å². The topological polar surface area (TPSA) is 493 Å². The Balaban J connectivity index is 0.777. The number of benzene rings is 2. The monoisotopic (exact) mass is 1360 g/mol. The van der Waals surface area contributed by atoms with E-state index in [0.717, 1.165) is 55.0 Å². The zero-order valence-corrected chi connectivity index (χ0v) is 54.8. The van der Waals surface area contributed by atoms with Gasteiger partial charge in [0.15, 0.2) is 34.0 Å². The average molecular weight is 1360 g/mol. The SMILES string of the molecule is CN(Cc1cnc2nc(N)nc(N)c2n1)c1ccc(C(=O)NC(CCC(=O)NCCCCCN(CCCCCNC(=O)CCC(NC(=O)c2ccc(N(C)Cc3cnc4nc(N)nc(N)c4n3)cc2)C(=O)O)CCOCCOCCNC(=O)CCCN2C(=O)C=CC2=O)C(=O)O)cc1. The van der Waals surface area contributed by atoms with Gasteiger partial charge in [-0.15, -0.1) is 0 Å². The predicted octanol–water partition coefficient (Wildman–Crippen LogP) is 1.11. The normalized spacial score (nSPS) is 12.6. The number of carbonyl (C=O) groups excluding carboxylic acids is 7. The number of nitrogens with two attached hydrogens (primary N) is 4. The van der Waals surface area contributed by atoms with Gasteiger partial charge in [-0.1, -0.05) is 12.8 Å². The smallest absolute Gasteiger partial charge is 0.326 e. The van der Waals surface area contributed by atoms with Gasteiger partial charge in [0.25, 0.3) is 23.6 Å². The van der Waals surface area contributed by atoms with Crippen LogP contribution in [0.1, 0.15) is 109 Å². The molecule has 4 aromatic heterocycles. The summed E-state index contributed by atoms with van der Waals surface area (Å²) in [5, 5.41) is 33.4. The molecule has 524 valence electrons. The molecule has 0 aliphatic carbocycles. The fourth-order valence-corrected chi connectivity index (χ4v) is 10.2. The van der Waals surface area contributed by atoms with Gasteiger partial charge in [-0.2, -0.15) is 19.9 Å². The van der Waals surface area contributed by atoms with Crippen LogP contribution in [-0.2, 0) is 56.1 Å². The third-order valence-corrected chi connectivity index (χ3v) is 15.6. The first kappa shape index (κ1) is 74.5. The van der Waals surface area contributed by atoms with Crippen molar-refractivity contribution >= 4 is 111 Å². The van der Waals surface area contributed by atoms with Gasteiger partial charge in [0.1, 0.15) is 12.1 Å². The number of carboxylic acids is 2. The fraction of sp³-hybridized carbons (Fsp3) is 0.453. The Morgan fingerprint density at radius 1 is 0.510 bits per heavy atom. The number of fused-ring (bicyclic) bond motifs is 2. The highest BCUT2D eigenvalue weighted by molar-refractivity contribution is 6.13. The van der Waals surface area contributed by atoms with Gasteiger partial charge in [-0.05, 0) is 107 Å². The molecule has 98 heavy (non-hydrogen) atoms. The summed E-state index contributed by atoms with van der Waals surface area (Å²) in [5.41, 5.74) is 27.5. The number of aliphatic carboxylic acids is 2. The van der Waals surface area contributed by atoms with E-state index in [2.05, 4.69) is 71.4 Å². The summed E-state index contributed by atoms with van der Waals surface area (Å²) < 4.78 is 11.5. The Labute approximate surface area is 564 Å². The quantitative estimate of drug-likeness (QED) is 0.0189. The van der Waals surface area contributed by atoms with Crippen molar-refractivity contribution in [1.82, 2.24) is 76.3 Å². The average Bonchev–Trinajstić information content (AvgIpc) is 1.04.